The van der Waals surface area contributed by atoms with Gasteiger partial charge in [-0.1, -0.05) is 66.6 Å². The molecule has 1 amide bonds. The highest BCUT2D eigenvalue weighted by Gasteiger charge is 2.08. The van der Waals surface area contributed by atoms with E-state index in [1.807, 2.05) is 61.5 Å². The molecule has 2 aromatic rings. The van der Waals surface area contributed by atoms with Crippen LogP contribution in [0.4, 0.5) is 0 Å². The highest BCUT2D eigenvalue weighted by atomic mass is 16.1. The van der Waals surface area contributed by atoms with Crippen LogP contribution in [0.2, 0.25) is 0 Å². The second kappa shape index (κ2) is 11.1. The third-order valence-electron chi connectivity index (χ3n) is 4.50. The molecule has 0 saturated heterocycles. The molecule has 0 aromatic heterocycles. The molecule has 0 aliphatic rings. The van der Waals surface area contributed by atoms with Gasteiger partial charge in [-0.05, 0) is 38.2 Å². The number of amides is 1. The predicted octanol–water partition coefficient (Wildman–Crippen LogP) is 5.10. The van der Waals surface area contributed by atoms with Crippen LogP contribution < -0.4 is 5.32 Å². The van der Waals surface area contributed by atoms with Crippen molar-refractivity contribution in [3.05, 3.63) is 83.4 Å². The first-order valence-electron chi connectivity index (χ1n) is 9.66. The van der Waals surface area contributed by atoms with Gasteiger partial charge in [0.05, 0.1) is 0 Å². The maximum atomic E-state index is 12.4. The van der Waals surface area contributed by atoms with Gasteiger partial charge < -0.3 is 5.32 Å². The van der Waals surface area contributed by atoms with E-state index < -0.39 is 0 Å². The number of carbonyl (C=O) groups excluding carboxylic acids is 2. The van der Waals surface area contributed by atoms with Crippen molar-refractivity contribution < 1.29 is 9.59 Å². The molecule has 0 heterocycles. The van der Waals surface area contributed by atoms with Gasteiger partial charge in [0.25, 0.3) is 0 Å². The van der Waals surface area contributed by atoms with E-state index in [4.69, 9.17) is 0 Å². The molecule has 0 spiro atoms. The molecule has 0 bridgehead atoms. The van der Waals surface area contributed by atoms with Crippen molar-refractivity contribution in [2.75, 3.05) is 6.54 Å². The highest BCUT2D eigenvalue weighted by molar-refractivity contribution is 6.08. The molecule has 2 rings (SSSR count). The lowest BCUT2D eigenvalue weighted by molar-refractivity contribution is -0.121. The van der Waals surface area contributed by atoms with Gasteiger partial charge in [-0.15, -0.1) is 6.58 Å². The van der Waals surface area contributed by atoms with Crippen molar-refractivity contribution in [1.29, 1.82) is 0 Å². The molecule has 0 unspecified atom stereocenters. The Morgan fingerprint density at radius 3 is 2.19 bits per heavy atom. The Balaban J connectivity index is 1.69. The number of rotatable bonds is 11. The van der Waals surface area contributed by atoms with Crippen LogP contribution in [0.15, 0.2) is 66.7 Å². The summed E-state index contributed by atoms with van der Waals surface area (Å²) in [6.07, 6.45) is 5.48. The lowest BCUT2D eigenvalue weighted by atomic mass is 10.0. The lowest BCUT2D eigenvalue weighted by Crippen LogP contribution is -2.24. The monoisotopic (exact) mass is 363 g/mol. The van der Waals surface area contributed by atoms with E-state index in [2.05, 4.69) is 11.9 Å². The van der Waals surface area contributed by atoms with Crippen LogP contribution in [0.25, 0.3) is 0 Å². The minimum Gasteiger partial charge on any atom is -0.356 e. The van der Waals surface area contributed by atoms with Crippen molar-refractivity contribution in [3.8, 4) is 0 Å². The van der Waals surface area contributed by atoms with Gasteiger partial charge in [0.15, 0.2) is 5.78 Å². The average Bonchev–Trinajstić information content (AvgIpc) is 2.69. The van der Waals surface area contributed by atoms with E-state index in [-0.39, 0.29) is 11.7 Å². The van der Waals surface area contributed by atoms with Crippen molar-refractivity contribution in [2.24, 2.45) is 0 Å². The molecule has 3 heteroatoms. The van der Waals surface area contributed by atoms with E-state index in [0.717, 1.165) is 37.8 Å². The zero-order valence-corrected chi connectivity index (χ0v) is 16.2. The van der Waals surface area contributed by atoms with E-state index >= 15 is 0 Å². The van der Waals surface area contributed by atoms with E-state index in [9.17, 15) is 9.59 Å². The number of nitrogens with one attached hydrogen (secondary N) is 1. The predicted molar refractivity (Wildman–Crippen MR) is 111 cm³/mol. The van der Waals surface area contributed by atoms with Gasteiger partial charge in [-0.3, -0.25) is 9.59 Å². The molecule has 2 aromatic carbocycles. The molecular formula is C24H29NO2. The smallest absolute Gasteiger partial charge is 0.220 e. The molecule has 0 atom stereocenters. The first-order chi connectivity index (χ1) is 13.1. The summed E-state index contributed by atoms with van der Waals surface area (Å²) >= 11 is 0. The summed E-state index contributed by atoms with van der Waals surface area (Å²) in [4.78, 5) is 24.3. The third-order valence-corrected chi connectivity index (χ3v) is 4.50. The number of ketones is 1. The molecule has 0 radical (unpaired) electrons. The summed E-state index contributed by atoms with van der Waals surface area (Å²) in [5.41, 5.74) is 3.64. The number of unbranched alkanes of at least 4 members (excludes halogenated alkanes) is 2. The molecule has 0 aliphatic heterocycles. The minimum atomic E-state index is 0.0199. The van der Waals surface area contributed by atoms with Crippen molar-refractivity contribution in [2.45, 2.75) is 45.4 Å². The third kappa shape index (κ3) is 7.61. The number of carbonyl (C=O) groups is 2. The molecular weight excluding hydrogens is 334 g/mol. The summed E-state index contributed by atoms with van der Waals surface area (Å²) < 4.78 is 0. The average molecular weight is 364 g/mol. The van der Waals surface area contributed by atoms with Gasteiger partial charge in [0.1, 0.15) is 0 Å². The van der Waals surface area contributed by atoms with Crippen LogP contribution in [0.3, 0.4) is 0 Å². The number of aryl methyl sites for hydroxylation is 1. The molecule has 27 heavy (non-hydrogen) atoms. The first-order valence-corrected chi connectivity index (χ1v) is 9.66. The summed E-state index contributed by atoms with van der Waals surface area (Å²) in [7, 11) is 0. The molecule has 0 aliphatic carbocycles. The topological polar surface area (TPSA) is 46.2 Å². The zero-order valence-electron chi connectivity index (χ0n) is 16.2. The number of benzene rings is 2. The quantitative estimate of drug-likeness (QED) is 0.343. The first kappa shape index (κ1) is 20.6. The number of hydrogen-bond acceptors (Lipinski definition) is 2. The van der Waals surface area contributed by atoms with Crippen LogP contribution in [-0.4, -0.2) is 18.2 Å². The van der Waals surface area contributed by atoms with Crippen LogP contribution in [-0.2, 0) is 11.2 Å². The number of hydrogen-bond donors (Lipinski definition) is 1. The van der Waals surface area contributed by atoms with E-state index in [0.29, 0.717) is 24.0 Å². The fraction of sp³-hybridized carbons (Fsp3) is 0.333. The molecule has 0 fully saturated rings. The second-order valence-electron chi connectivity index (χ2n) is 7.01. The van der Waals surface area contributed by atoms with Crippen LogP contribution in [0.1, 0.15) is 60.5 Å². The van der Waals surface area contributed by atoms with Crippen molar-refractivity contribution >= 4 is 11.7 Å². The summed E-state index contributed by atoms with van der Waals surface area (Å²) in [5, 5.41) is 2.98. The molecule has 142 valence electrons. The molecule has 3 nitrogen and oxygen atoms in total. The van der Waals surface area contributed by atoms with Crippen LogP contribution in [0, 0.1) is 0 Å². The highest BCUT2D eigenvalue weighted by Crippen LogP contribution is 2.12. The Hall–Kier alpha value is -2.68. The molecule has 1 N–H and O–H groups in total. The standard InChI is InChI=1S/C24H29NO2/c1-19(2)9-5-4-8-18-25-23(26)17-14-20-12-15-22(16-13-20)24(27)21-10-6-3-7-11-21/h3,6-7,10-13,15-16H,1,4-5,8-9,14,17-18H2,2H3,(H,25,26). The SMILES string of the molecule is C=C(C)CCCCCNC(=O)CCc1ccc(C(=O)c2ccccc2)cc1. The van der Waals surface area contributed by atoms with E-state index in [1.54, 1.807) is 0 Å². The normalized spacial score (nSPS) is 10.4. The Morgan fingerprint density at radius 1 is 0.852 bits per heavy atom. The summed E-state index contributed by atoms with van der Waals surface area (Å²) in [6, 6.07) is 16.8. The van der Waals surface area contributed by atoms with Gasteiger partial charge in [-0.2, -0.15) is 0 Å². The van der Waals surface area contributed by atoms with Gasteiger partial charge >= 0.3 is 0 Å². The molecule has 0 saturated carbocycles. The lowest BCUT2D eigenvalue weighted by Gasteiger charge is -2.06. The largest absolute Gasteiger partial charge is 0.356 e. The van der Waals surface area contributed by atoms with Crippen molar-refractivity contribution in [3.63, 3.8) is 0 Å². The Kier molecular flexibility index (Phi) is 8.50. The van der Waals surface area contributed by atoms with Crippen LogP contribution in [0.5, 0.6) is 0 Å². The van der Waals surface area contributed by atoms with Crippen LogP contribution >= 0.6 is 0 Å². The summed E-state index contributed by atoms with van der Waals surface area (Å²) in [6.45, 7) is 6.68. The Morgan fingerprint density at radius 2 is 1.52 bits per heavy atom. The second-order valence-corrected chi connectivity index (χ2v) is 7.01. The number of allylic oxidation sites excluding steroid dienone is 1. The maximum absolute atomic E-state index is 12.4. The van der Waals surface area contributed by atoms with Crippen molar-refractivity contribution in [1.82, 2.24) is 5.32 Å². The van der Waals surface area contributed by atoms with Gasteiger partial charge in [0.2, 0.25) is 5.91 Å². The zero-order chi connectivity index (χ0) is 19.5. The maximum Gasteiger partial charge on any atom is 0.220 e. The fourth-order valence-corrected chi connectivity index (χ4v) is 2.88. The van der Waals surface area contributed by atoms with Gasteiger partial charge in [-0.25, -0.2) is 0 Å². The Labute approximate surface area is 162 Å². The fourth-order valence-electron chi connectivity index (χ4n) is 2.88. The Bertz CT molecular complexity index is 748. The summed E-state index contributed by atoms with van der Waals surface area (Å²) in [5.74, 6) is 0.103. The minimum absolute atomic E-state index is 0.0199. The van der Waals surface area contributed by atoms with E-state index in [1.165, 1.54) is 5.57 Å². The van der Waals surface area contributed by atoms with Gasteiger partial charge in [0, 0.05) is 24.1 Å².